The zero-order valence-corrected chi connectivity index (χ0v) is 11.2. The van der Waals surface area contributed by atoms with E-state index in [2.05, 4.69) is 10.6 Å². The number of carbonyl (C=O) groups is 1. The summed E-state index contributed by atoms with van der Waals surface area (Å²) in [6.45, 7) is 3.81. The summed E-state index contributed by atoms with van der Waals surface area (Å²) in [6, 6.07) is 7.58. The van der Waals surface area contributed by atoms with Gasteiger partial charge in [-0.1, -0.05) is 29.8 Å². The first-order valence-electron chi connectivity index (χ1n) is 5.75. The first-order valence-corrected chi connectivity index (χ1v) is 6.13. The molecule has 1 aromatic carbocycles. The molecule has 0 saturated carbocycles. The van der Waals surface area contributed by atoms with Crippen LogP contribution in [0.3, 0.4) is 0 Å². The molecular weight excluding hydrogens is 236 g/mol. The molecule has 2 N–H and O–H groups in total. The molecule has 0 aliphatic carbocycles. The van der Waals surface area contributed by atoms with Crippen LogP contribution in [0.25, 0.3) is 0 Å². The van der Waals surface area contributed by atoms with Crippen LogP contribution in [0.2, 0.25) is 5.02 Å². The van der Waals surface area contributed by atoms with Gasteiger partial charge in [0.25, 0.3) is 0 Å². The molecule has 2 atom stereocenters. The first-order chi connectivity index (χ1) is 8.04. The highest BCUT2D eigenvalue weighted by Gasteiger charge is 2.14. The van der Waals surface area contributed by atoms with Crippen LogP contribution in [0, 0.1) is 0 Å². The average Bonchev–Trinajstić information content (AvgIpc) is 2.31. The second-order valence-electron chi connectivity index (χ2n) is 4.22. The maximum absolute atomic E-state index is 11.7. The first kappa shape index (κ1) is 14.0. The fourth-order valence-corrected chi connectivity index (χ4v) is 1.76. The Labute approximate surface area is 108 Å². The van der Waals surface area contributed by atoms with Gasteiger partial charge in [-0.3, -0.25) is 4.79 Å². The van der Waals surface area contributed by atoms with Crippen LogP contribution in [-0.2, 0) is 11.2 Å². The van der Waals surface area contributed by atoms with Gasteiger partial charge in [-0.05, 0) is 38.9 Å². The lowest BCUT2D eigenvalue weighted by Crippen LogP contribution is -2.44. The Morgan fingerprint density at radius 2 is 2.00 bits per heavy atom. The molecule has 0 spiro atoms. The zero-order valence-electron chi connectivity index (χ0n) is 10.5. The highest BCUT2D eigenvalue weighted by atomic mass is 35.5. The second-order valence-corrected chi connectivity index (χ2v) is 4.62. The summed E-state index contributed by atoms with van der Waals surface area (Å²) in [7, 11) is 1.77. The topological polar surface area (TPSA) is 41.1 Å². The third-order valence-electron chi connectivity index (χ3n) is 2.70. The molecule has 0 bridgehead atoms. The Morgan fingerprint density at radius 1 is 1.35 bits per heavy atom. The lowest BCUT2D eigenvalue weighted by Gasteiger charge is -2.17. The second kappa shape index (κ2) is 6.62. The van der Waals surface area contributed by atoms with E-state index in [1.807, 2.05) is 38.1 Å². The van der Waals surface area contributed by atoms with Gasteiger partial charge in [0.2, 0.25) is 5.91 Å². The standard InChI is InChI=1S/C13H19ClN2O/c1-9(16-13(17)10(2)15-3)8-11-6-4-5-7-12(11)14/h4-7,9-10,15H,8H2,1-3H3,(H,16,17). The average molecular weight is 255 g/mol. The molecule has 0 saturated heterocycles. The van der Waals surface area contributed by atoms with E-state index >= 15 is 0 Å². The van der Waals surface area contributed by atoms with E-state index < -0.39 is 0 Å². The molecule has 94 valence electrons. The minimum Gasteiger partial charge on any atom is -0.352 e. The van der Waals surface area contributed by atoms with Crippen molar-refractivity contribution in [3.63, 3.8) is 0 Å². The molecule has 17 heavy (non-hydrogen) atoms. The summed E-state index contributed by atoms with van der Waals surface area (Å²) in [5, 5.41) is 6.60. The Hall–Kier alpha value is -1.06. The van der Waals surface area contributed by atoms with Crippen molar-refractivity contribution in [2.24, 2.45) is 0 Å². The Morgan fingerprint density at radius 3 is 2.59 bits per heavy atom. The summed E-state index contributed by atoms with van der Waals surface area (Å²) >= 11 is 6.07. The van der Waals surface area contributed by atoms with Gasteiger partial charge in [0.15, 0.2) is 0 Å². The van der Waals surface area contributed by atoms with Gasteiger partial charge in [0.05, 0.1) is 6.04 Å². The van der Waals surface area contributed by atoms with Crippen molar-refractivity contribution < 1.29 is 4.79 Å². The lowest BCUT2D eigenvalue weighted by molar-refractivity contribution is -0.123. The molecule has 1 rings (SSSR count). The molecular formula is C13H19ClN2O. The number of amides is 1. The molecule has 0 radical (unpaired) electrons. The molecule has 1 amide bonds. The van der Waals surface area contributed by atoms with Crippen LogP contribution >= 0.6 is 11.6 Å². The molecule has 0 fully saturated rings. The molecule has 2 unspecified atom stereocenters. The fourth-order valence-electron chi connectivity index (χ4n) is 1.54. The van der Waals surface area contributed by atoms with Gasteiger partial charge < -0.3 is 10.6 Å². The quantitative estimate of drug-likeness (QED) is 0.844. The van der Waals surface area contributed by atoms with Crippen molar-refractivity contribution in [3.05, 3.63) is 34.9 Å². The van der Waals surface area contributed by atoms with Crippen LogP contribution in [0.1, 0.15) is 19.4 Å². The van der Waals surface area contributed by atoms with Gasteiger partial charge >= 0.3 is 0 Å². The van der Waals surface area contributed by atoms with Crippen molar-refractivity contribution in [1.82, 2.24) is 10.6 Å². The maximum atomic E-state index is 11.7. The Balaban J connectivity index is 2.53. The SMILES string of the molecule is CNC(C)C(=O)NC(C)Cc1ccccc1Cl. The number of likely N-dealkylation sites (N-methyl/N-ethyl adjacent to an activating group) is 1. The monoisotopic (exact) mass is 254 g/mol. The third kappa shape index (κ3) is 4.36. The van der Waals surface area contributed by atoms with Gasteiger partial charge in [0.1, 0.15) is 0 Å². The number of benzene rings is 1. The van der Waals surface area contributed by atoms with Crippen molar-refractivity contribution in [2.75, 3.05) is 7.05 Å². The summed E-state index contributed by atoms with van der Waals surface area (Å²) in [6.07, 6.45) is 0.738. The third-order valence-corrected chi connectivity index (χ3v) is 3.07. The summed E-state index contributed by atoms with van der Waals surface area (Å²) in [5.74, 6) is 0.00653. The van der Waals surface area contributed by atoms with Crippen LogP contribution < -0.4 is 10.6 Å². The minimum atomic E-state index is -0.177. The number of hydrogen-bond acceptors (Lipinski definition) is 2. The van der Waals surface area contributed by atoms with E-state index in [9.17, 15) is 4.79 Å². The Bertz CT molecular complexity index is 381. The molecule has 4 heteroatoms. The van der Waals surface area contributed by atoms with E-state index in [4.69, 9.17) is 11.6 Å². The van der Waals surface area contributed by atoms with E-state index in [0.29, 0.717) is 0 Å². The van der Waals surface area contributed by atoms with Crippen molar-refractivity contribution >= 4 is 17.5 Å². The molecule has 3 nitrogen and oxygen atoms in total. The van der Waals surface area contributed by atoms with Crippen molar-refractivity contribution in [1.29, 1.82) is 0 Å². The predicted octanol–water partition coefficient (Wildman–Crippen LogP) is 2.00. The van der Waals surface area contributed by atoms with Crippen LogP contribution in [0.15, 0.2) is 24.3 Å². The zero-order chi connectivity index (χ0) is 12.8. The summed E-state index contributed by atoms with van der Waals surface area (Å²) in [4.78, 5) is 11.7. The molecule has 0 aliphatic heterocycles. The number of halogens is 1. The van der Waals surface area contributed by atoms with Crippen LogP contribution in [0.4, 0.5) is 0 Å². The van der Waals surface area contributed by atoms with E-state index in [0.717, 1.165) is 17.0 Å². The largest absolute Gasteiger partial charge is 0.352 e. The Kier molecular flexibility index (Phi) is 5.45. The van der Waals surface area contributed by atoms with Gasteiger partial charge in [0, 0.05) is 11.1 Å². The summed E-state index contributed by atoms with van der Waals surface area (Å²) < 4.78 is 0. The van der Waals surface area contributed by atoms with Crippen LogP contribution in [0.5, 0.6) is 0 Å². The predicted molar refractivity (Wildman–Crippen MR) is 71.3 cm³/mol. The molecule has 0 aromatic heterocycles. The highest BCUT2D eigenvalue weighted by molar-refractivity contribution is 6.31. The number of rotatable bonds is 5. The minimum absolute atomic E-state index is 0.00653. The van der Waals surface area contributed by atoms with Gasteiger partial charge in [-0.2, -0.15) is 0 Å². The maximum Gasteiger partial charge on any atom is 0.237 e. The molecule has 0 heterocycles. The summed E-state index contributed by atoms with van der Waals surface area (Å²) in [5.41, 5.74) is 1.05. The van der Waals surface area contributed by atoms with E-state index in [-0.39, 0.29) is 18.0 Å². The van der Waals surface area contributed by atoms with Crippen LogP contribution in [-0.4, -0.2) is 25.0 Å². The lowest BCUT2D eigenvalue weighted by atomic mass is 10.1. The smallest absolute Gasteiger partial charge is 0.237 e. The number of nitrogens with one attached hydrogen (secondary N) is 2. The normalized spacial score (nSPS) is 14.1. The highest BCUT2D eigenvalue weighted by Crippen LogP contribution is 2.16. The van der Waals surface area contributed by atoms with Crippen molar-refractivity contribution in [3.8, 4) is 0 Å². The molecule has 1 aromatic rings. The number of carbonyl (C=O) groups excluding carboxylic acids is 1. The van der Waals surface area contributed by atoms with E-state index in [1.165, 1.54) is 0 Å². The van der Waals surface area contributed by atoms with Gasteiger partial charge in [-0.15, -0.1) is 0 Å². The number of hydrogen-bond donors (Lipinski definition) is 2. The molecule has 0 aliphatic rings. The van der Waals surface area contributed by atoms with Gasteiger partial charge in [-0.25, -0.2) is 0 Å². The fraction of sp³-hybridized carbons (Fsp3) is 0.462. The van der Waals surface area contributed by atoms with Crippen molar-refractivity contribution in [2.45, 2.75) is 32.4 Å². The van der Waals surface area contributed by atoms with E-state index in [1.54, 1.807) is 7.05 Å².